The van der Waals surface area contributed by atoms with E-state index in [1.165, 1.54) is 17.1 Å². The van der Waals surface area contributed by atoms with Crippen molar-refractivity contribution in [1.82, 2.24) is 15.1 Å². The molecule has 2 heterocycles. The van der Waals surface area contributed by atoms with Crippen LogP contribution in [0.25, 0.3) is 0 Å². The topological polar surface area (TPSA) is 40.1 Å². The highest BCUT2D eigenvalue weighted by atomic mass is 127. The Morgan fingerprint density at radius 1 is 1.27 bits per heavy atom. The Kier molecular flexibility index (Phi) is 9.52. The van der Waals surface area contributed by atoms with Crippen LogP contribution in [-0.4, -0.2) is 81.0 Å². The molecule has 0 radical (unpaired) electrons. The van der Waals surface area contributed by atoms with Crippen LogP contribution in [0.15, 0.2) is 40.2 Å². The fraction of sp³-hybridized carbons (Fsp3) is 0.632. The number of hydrogen-bond acceptors (Lipinski definition) is 4. The Morgan fingerprint density at radius 3 is 2.81 bits per heavy atom. The summed E-state index contributed by atoms with van der Waals surface area (Å²) in [5, 5.41) is 3.51. The van der Waals surface area contributed by atoms with Crippen molar-refractivity contribution in [3.05, 3.63) is 30.3 Å². The van der Waals surface area contributed by atoms with Gasteiger partial charge in [0.2, 0.25) is 0 Å². The molecule has 5 nitrogen and oxygen atoms in total. The Morgan fingerprint density at radius 2 is 2.08 bits per heavy atom. The van der Waals surface area contributed by atoms with Crippen LogP contribution in [0.1, 0.15) is 6.42 Å². The van der Waals surface area contributed by atoms with E-state index in [0.717, 1.165) is 51.2 Å². The highest BCUT2D eigenvalue weighted by Gasteiger charge is 2.26. The third-order valence-corrected chi connectivity index (χ3v) is 6.10. The smallest absolute Gasteiger partial charge is 0.193 e. The summed E-state index contributed by atoms with van der Waals surface area (Å²) in [6, 6.07) is 10.7. The average Bonchev–Trinajstić information content (AvgIpc) is 3.10. The van der Waals surface area contributed by atoms with Gasteiger partial charge in [-0.25, -0.2) is 0 Å². The predicted octanol–water partition coefficient (Wildman–Crippen LogP) is 2.62. The Bertz CT molecular complexity index is 560. The number of aliphatic imine (C=N–C) groups is 1. The van der Waals surface area contributed by atoms with Gasteiger partial charge in [0, 0.05) is 50.4 Å². The van der Waals surface area contributed by atoms with Crippen molar-refractivity contribution in [2.24, 2.45) is 10.9 Å². The molecule has 146 valence electrons. The molecule has 26 heavy (non-hydrogen) atoms. The summed E-state index contributed by atoms with van der Waals surface area (Å²) in [5.41, 5.74) is 0. The Hall–Kier alpha value is -0.510. The zero-order chi connectivity index (χ0) is 17.5. The SMILES string of the molecule is CN=C(NCC1CN(C)CCO1)N1CCC(CSc2ccccc2)C1.I. The average molecular weight is 490 g/mol. The van der Waals surface area contributed by atoms with Gasteiger partial charge >= 0.3 is 0 Å². The van der Waals surface area contributed by atoms with Gasteiger partial charge in [0.15, 0.2) is 5.96 Å². The van der Waals surface area contributed by atoms with Crippen molar-refractivity contribution in [3.63, 3.8) is 0 Å². The van der Waals surface area contributed by atoms with Crippen LogP contribution in [-0.2, 0) is 4.74 Å². The van der Waals surface area contributed by atoms with Gasteiger partial charge in [0.25, 0.3) is 0 Å². The van der Waals surface area contributed by atoms with E-state index >= 15 is 0 Å². The molecule has 2 fully saturated rings. The Labute approximate surface area is 179 Å². The first-order valence-corrected chi connectivity index (χ1v) is 10.2. The molecule has 7 heteroatoms. The number of likely N-dealkylation sites (N-methyl/N-ethyl adjacent to an activating group) is 1. The minimum Gasteiger partial charge on any atom is -0.374 e. The van der Waals surface area contributed by atoms with Gasteiger partial charge in [-0.1, -0.05) is 18.2 Å². The molecular formula is C19H31IN4OS. The molecule has 2 unspecified atom stereocenters. The molecule has 0 aromatic heterocycles. The fourth-order valence-electron chi connectivity index (χ4n) is 3.42. The maximum absolute atomic E-state index is 5.83. The van der Waals surface area contributed by atoms with Gasteiger partial charge < -0.3 is 19.9 Å². The molecule has 1 N–H and O–H groups in total. The molecule has 0 amide bonds. The highest BCUT2D eigenvalue weighted by molar-refractivity contribution is 14.0. The van der Waals surface area contributed by atoms with Crippen LogP contribution in [0.5, 0.6) is 0 Å². The minimum absolute atomic E-state index is 0. The number of halogens is 1. The number of benzene rings is 1. The number of nitrogens with zero attached hydrogens (tertiary/aromatic N) is 3. The second kappa shape index (κ2) is 11.4. The number of morpholine rings is 1. The summed E-state index contributed by atoms with van der Waals surface area (Å²) in [6.45, 7) is 5.84. The largest absolute Gasteiger partial charge is 0.374 e. The van der Waals surface area contributed by atoms with Crippen molar-refractivity contribution in [2.45, 2.75) is 17.4 Å². The summed E-state index contributed by atoms with van der Waals surface area (Å²) in [7, 11) is 4.03. The van der Waals surface area contributed by atoms with E-state index in [4.69, 9.17) is 4.74 Å². The van der Waals surface area contributed by atoms with Crippen molar-refractivity contribution >= 4 is 41.7 Å². The number of likely N-dealkylation sites (tertiary alicyclic amines) is 1. The summed E-state index contributed by atoms with van der Waals surface area (Å²) < 4.78 is 5.83. The van der Waals surface area contributed by atoms with Crippen LogP contribution in [0.3, 0.4) is 0 Å². The van der Waals surface area contributed by atoms with Gasteiger partial charge in [-0.05, 0) is 31.5 Å². The normalized spacial score (nSPS) is 24.4. The monoisotopic (exact) mass is 490 g/mol. The summed E-state index contributed by atoms with van der Waals surface area (Å²) in [5.74, 6) is 2.92. The van der Waals surface area contributed by atoms with E-state index in [0.29, 0.717) is 0 Å². The predicted molar refractivity (Wildman–Crippen MR) is 121 cm³/mol. The zero-order valence-corrected chi connectivity index (χ0v) is 18.9. The second-order valence-corrected chi connectivity index (χ2v) is 8.00. The molecule has 0 aliphatic carbocycles. The van der Waals surface area contributed by atoms with Crippen LogP contribution >= 0.6 is 35.7 Å². The van der Waals surface area contributed by atoms with Crippen molar-refractivity contribution in [2.75, 3.05) is 59.2 Å². The summed E-state index contributed by atoms with van der Waals surface area (Å²) in [4.78, 5) is 10.6. The molecule has 1 aromatic rings. The zero-order valence-electron chi connectivity index (χ0n) is 15.8. The second-order valence-electron chi connectivity index (χ2n) is 6.91. The van der Waals surface area contributed by atoms with E-state index in [1.54, 1.807) is 0 Å². The van der Waals surface area contributed by atoms with Gasteiger partial charge in [-0.2, -0.15) is 0 Å². The van der Waals surface area contributed by atoms with Crippen LogP contribution in [0, 0.1) is 5.92 Å². The van der Waals surface area contributed by atoms with E-state index in [-0.39, 0.29) is 30.1 Å². The standard InChI is InChI=1S/C19H30N4OS.HI/c1-20-19(21-12-17-14-22(2)10-11-24-17)23-9-8-16(13-23)15-25-18-6-4-3-5-7-18;/h3-7,16-17H,8-15H2,1-2H3,(H,20,21);1H. The van der Waals surface area contributed by atoms with Gasteiger partial charge in [0.1, 0.15) is 0 Å². The van der Waals surface area contributed by atoms with E-state index < -0.39 is 0 Å². The fourth-order valence-corrected chi connectivity index (χ4v) is 4.47. The number of rotatable bonds is 5. The first-order chi connectivity index (χ1) is 12.2. The number of thioether (sulfide) groups is 1. The third-order valence-electron chi connectivity index (χ3n) is 4.86. The Balaban J connectivity index is 0.00000243. The molecule has 0 saturated carbocycles. The number of ether oxygens (including phenoxy) is 1. The lowest BCUT2D eigenvalue weighted by Crippen LogP contribution is -2.49. The molecule has 3 rings (SSSR count). The molecule has 0 spiro atoms. The molecule has 0 bridgehead atoms. The lowest BCUT2D eigenvalue weighted by atomic mass is 10.2. The summed E-state index contributed by atoms with van der Waals surface area (Å²) >= 11 is 1.96. The van der Waals surface area contributed by atoms with Crippen molar-refractivity contribution < 1.29 is 4.74 Å². The minimum atomic E-state index is 0. The van der Waals surface area contributed by atoms with Crippen LogP contribution in [0.4, 0.5) is 0 Å². The first kappa shape index (κ1) is 21.8. The molecule has 2 saturated heterocycles. The molecule has 2 atom stereocenters. The van der Waals surface area contributed by atoms with Crippen LogP contribution in [0.2, 0.25) is 0 Å². The van der Waals surface area contributed by atoms with Gasteiger partial charge in [-0.3, -0.25) is 4.99 Å². The van der Waals surface area contributed by atoms with E-state index in [1.807, 2.05) is 18.8 Å². The molecule has 1 aromatic carbocycles. The van der Waals surface area contributed by atoms with Crippen LogP contribution < -0.4 is 5.32 Å². The highest BCUT2D eigenvalue weighted by Crippen LogP contribution is 2.25. The molecule has 2 aliphatic heterocycles. The van der Waals surface area contributed by atoms with E-state index in [2.05, 4.69) is 57.5 Å². The maximum Gasteiger partial charge on any atom is 0.193 e. The van der Waals surface area contributed by atoms with Gasteiger partial charge in [0.05, 0.1) is 12.7 Å². The lowest BCUT2D eigenvalue weighted by Gasteiger charge is -2.31. The number of guanidine groups is 1. The quantitative estimate of drug-likeness (QED) is 0.298. The van der Waals surface area contributed by atoms with Gasteiger partial charge in [-0.15, -0.1) is 35.7 Å². The first-order valence-electron chi connectivity index (χ1n) is 9.18. The third kappa shape index (κ3) is 6.58. The maximum atomic E-state index is 5.83. The molecule has 2 aliphatic rings. The van der Waals surface area contributed by atoms with E-state index in [9.17, 15) is 0 Å². The molecular weight excluding hydrogens is 459 g/mol. The van der Waals surface area contributed by atoms with Crippen molar-refractivity contribution in [1.29, 1.82) is 0 Å². The number of nitrogens with one attached hydrogen (secondary N) is 1. The number of hydrogen-bond donors (Lipinski definition) is 1. The lowest BCUT2D eigenvalue weighted by molar-refractivity contribution is -0.0163. The summed E-state index contributed by atoms with van der Waals surface area (Å²) in [6.07, 6.45) is 1.49. The van der Waals surface area contributed by atoms with Crippen molar-refractivity contribution in [3.8, 4) is 0 Å².